The van der Waals surface area contributed by atoms with Gasteiger partial charge in [-0.05, 0) is 48.7 Å². The number of carbonyl (C=O) groups excluding carboxylic acids is 1. The van der Waals surface area contributed by atoms with Gasteiger partial charge in [-0.2, -0.15) is 0 Å². The second kappa shape index (κ2) is 8.22. The first kappa shape index (κ1) is 22.1. The van der Waals surface area contributed by atoms with E-state index >= 15 is 0 Å². The number of aromatic amines is 1. The molecule has 3 aromatic carbocycles. The highest BCUT2D eigenvalue weighted by Crippen LogP contribution is 2.63. The molecule has 3 aliphatic rings. The number of nitrogens with zero attached hydrogens (tertiary/aromatic N) is 1. The van der Waals surface area contributed by atoms with Gasteiger partial charge in [-0.25, -0.2) is 0 Å². The Labute approximate surface area is 218 Å². The monoisotopic (exact) mass is 542 g/mol. The second-order valence-corrected chi connectivity index (χ2v) is 10.8. The predicted octanol–water partition coefficient (Wildman–Crippen LogP) is 5.97. The smallest absolute Gasteiger partial charge is 0.312 e. The molecule has 1 fully saturated rings. The highest BCUT2D eigenvalue weighted by Gasteiger charge is 2.67. The highest BCUT2D eigenvalue weighted by molar-refractivity contribution is 9.10. The lowest BCUT2D eigenvalue weighted by molar-refractivity contribution is -0.152. The summed E-state index contributed by atoms with van der Waals surface area (Å²) in [5.74, 6) is 0.258. The molecule has 1 aromatic heterocycles. The van der Waals surface area contributed by atoms with Crippen LogP contribution in [0, 0.1) is 11.8 Å². The molecular formula is C30H27BrN2O3. The molecule has 6 heteroatoms. The van der Waals surface area contributed by atoms with Crippen molar-refractivity contribution >= 4 is 32.8 Å². The number of hydrogen-bond acceptors (Lipinski definition) is 4. The Kier molecular flexibility index (Phi) is 5.05. The SMILES string of the molecule is CCOC(=O)[C@H]1[C@@H]2COc3ccc(Br)cc3[C@H]2N2CCc3c([nH]c4ccccc34)[C@@]12c1ccccc1. The van der Waals surface area contributed by atoms with E-state index in [1.807, 2.05) is 25.1 Å². The van der Waals surface area contributed by atoms with Crippen LogP contribution in [-0.4, -0.2) is 35.6 Å². The van der Waals surface area contributed by atoms with Gasteiger partial charge in [0.25, 0.3) is 0 Å². The van der Waals surface area contributed by atoms with Crippen LogP contribution in [0.4, 0.5) is 0 Å². The Morgan fingerprint density at radius 3 is 2.78 bits per heavy atom. The number of rotatable bonds is 3. The quantitative estimate of drug-likeness (QED) is 0.324. The summed E-state index contributed by atoms with van der Waals surface area (Å²) in [5.41, 5.74) is 5.08. The van der Waals surface area contributed by atoms with Gasteiger partial charge in [0, 0.05) is 45.1 Å². The summed E-state index contributed by atoms with van der Waals surface area (Å²) >= 11 is 3.68. The summed E-state index contributed by atoms with van der Waals surface area (Å²) < 4.78 is 13.2. The molecule has 0 bridgehead atoms. The van der Waals surface area contributed by atoms with E-state index < -0.39 is 11.5 Å². The summed E-state index contributed by atoms with van der Waals surface area (Å²) in [6, 6.07) is 25.3. The van der Waals surface area contributed by atoms with Gasteiger partial charge >= 0.3 is 5.97 Å². The normalized spacial score (nSPS) is 26.4. The van der Waals surface area contributed by atoms with Crippen LogP contribution in [0.3, 0.4) is 0 Å². The number of aromatic nitrogens is 1. The zero-order valence-electron chi connectivity index (χ0n) is 20.0. The minimum atomic E-state index is -0.692. The van der Waals surface area contributed by atoms with Crippen molar-refractivity contribution in [2.45, 2.75) is 24.9 Å². The summed E-state index contributed by atoms with van der Waals surface area (Å²) in [7, 11) is 0. The van der Waals surface area contributed by atoms with Crippen molar-refractivity contribution in [3.05, 3.63) is 99.7 Å². The van der Waals surface area contributed by atoms with Crippen molar-refractivity contribution in [3.8, 4) is 5.75 Å². The first-order chi connectivity index (χ1) is 17.6. The van der Waals surface area contributed by atoms with E-state index in [1.54, 1.807) is 0 Å². The fraction of sp³-hybridized carbons (Fsp3) is 0.300. The summed E-state index contributed by atoms with van der Waals surface area (Å²) in [4.78, 5) is 20.4. The third-order valence-corrected chi connectivity index (χ3v) is 8.84. The number of hydrogen-bond donors (Lipinski definition) is 1. The number of H-pyrrole nitrogens is 1. The molecule has 4 aromatic rings. The molecule has 0 radical (unpaired) electrons. The van der Waals surface area contributed by atoms with Crippen LogP contribution in [0.1, 0.15) is 35.3 Å². The maximum Gasteiger partial charge on any atom is 0.312 e. The second-order valence-electron chi connectivity index (χ2n) is 9.93. The van der Waals surface area contributed by atoms with Crippen molar-refractivity contribution in [3.63, 3.8) is 0 Å². The van der Waals surface area contributed by atoms with Crippen molar-refractivity contribution < 1.29 is 14.3 Å². The molecule has 1 N–H and O–H groups in total. The maximum absolute atomic E-state index is 14.0. The highest BCUT2D eigenvalue weighted by atomic mass is 79.9. The molecule has 0 saturated carbocycles. The summed E-state index contributed by atoms with van der Waals surface area (Å²) in [6.45, 7) is 3.55. The molecule has 0 spiro atoms. The van der Waals surface area contributed by atoms with Crippen LogP contribution in [0.5, 0.6) is 5.75 Å². The number of fused-ring (bicyclic) bond motifs is 9. The molecule has 0 aliphatic carbocycles. The van der Waals surface area contributed by atoms with Crippen LogP contribution < -0.4 is 4.74 Å². The largest absolute Gasteiger partial charge is 0.493 e. The maximum atomic E-state index is 14.0. The molecular weight excluding hydrogens is 516 g/mol. The number of benzene rings is 3. The third kappa shape index (κ3) is 2.88. The standard InChI is InChI=1S/C30H27BrN2O3/c1-2-35-29(34)26-23-17-36-25-13-12-19(31)16-22(25)27(23)33-15-14-21-20-10-6-7-11-24(20)32-28(21)30(26,33)18-8-4-3-5-9-18/h3-13,16,23,26-27,32H,2,14-15,17H2,1H3/t23-,26+,27+,30+/m0/s1. The van der Waals surface area contributed by atoms with Gasteiger partial charge in [-0.3, -0.25) is 9.69 Å². The third-order valence-electron chi connectivity index (χ3n) is 8.35. The number of esters is 1. The molecule has 4 heterocycles. The number of para-hydroxylation sites is 1. The van der Waals surface area contributed by atoms with Crippen molar-refractivity contribution in [2.24, 2.45) is 11.8 Å². The molecule has 0 amide bonds. The first-order valence-electron chi connectivity index (χ1n) is 12.7. The number of halogens is 1. The van der Waals surface area contributed by atoms with Crippen LogP contribution >= 0.6 is 15.9 Å². The number of ether oxygens (including phenoxy) is 2. The molecule has 0 unspecified atom stereocenters. The van der Waals surface area contributed by atoms with Crippen LogP contribution in [0.2, 0.25) is 0 Å². The van der Waals surface area contributed by atoms with Crippen LogP contribution in [-0.2, 0) is 21.5 Å². The van der Waals surface area contributed by atoms with Gasteiger partial charge in [-0.15, -0.1) is 0 Å². The molecule has 1 saturated heterocycles. The lowest BCUT2D eigenvalue weighted by atomic mass is 9.70. The van der Waals surface area contributed by atoms with E-state index in [2.05, 4.69) is 80.4 Å². The van der Waals surface area contributed by atoms with E-state index in [4.69, 9.17) is 9.47 Å². The van der Waals surface area contributed by atoms with Gasteiger partial charge in [0.15, 0.2) is 0 Å². The topological polar surface area (TPSA) is 54.6 Å². The molecule has 36 heavy (non-hydrogen) atoms. The van der Waals surface area contributed by atoms with E-state index in [0.29, 0.717) is 13.2 Å². The Morgan fingerprint density at radius 2 is 1.94 bits per heavy atom. The van der Waals surface area contributed by atoms with Gasteiger partial charge in [0.05, 0.1) is 19.1 Å². The fourth-order valence-corrected chi connectivity index (χ4v) is 7.55. The average Bonchev–Trinajstić information content (AvgIpc) is 3.43. The average molecular weight is 543 g/mol. The molecule has 5 nitrogen and oxygen atoms in total. The Morgan fingerprint density at radius 1 is 1.14 bits per heavy atom. The predicted molar refractivity (Wildman–Crippen MR) is 142 cm³/mol. The van der Waals surface area contributed by atoms with E-state index in [1.165, 1.54) is 10.9 Å². The minimum absolute atomic E-state index is 0.0282. The van der Waals surface area contributed by atoms with E-state index in [0.717, 1.165) is 45.5 Å². The lowest BCUT2D eigenvalue weighted by Crippen LogP contribution is -2.53. The van der Waals surface area contributed by atoms with Crippen LogP contribution in [0.15, 0.2) is 77.3 Å². The van der Waals surface area contributed by atoms with Crippen LogP contribution in [0.25, 0.3) is 10.9 Å². The van der Waals surface area contributed by atoms with Crippen molar-refractivity contribution in [1.29, 1.82) is 0 Å². The lowest BCUT2D eigenvalue weighted by Gasteiger charge is -2.47. The molecule has 7 rings (SSSR count). The number of nitrogens with one attached hydrogen (secondary N) is 1. The van der Waals surface area contributed by atoms with Gasteiger partial charge in [-0.1, -0.05) is 64.5 Å². The minimum Gasteiger partial charge on any atom is -0.493 e. The van der Waals surface area contributed by atoms with Crippen molar-refractivity contribution in [1.82, 2.24) is 9.88 Å². The summed E-state index contributed by atoms with van der Waals surface area (Å²) in [5, 5.41) is 1.24. The van der Waals surface area contributed by atoms with Gasteiger partial charge in [0.1, 0.15) is 11.3 Å². The number of carbonyl (C=O) groups is 1. The Bertz CT molecular complexity index is 1480. The van der Waals surface area contributed by atoms with E-state index in [-0.39, 0.29) is 17.9 Å². The molecule has 3 aliphatic heterocycles. The zero-order chi connectivity index (χ0) is 24.4. The van der Waals surface area contributed by atoms with Crippen molar-refractivity contribution in [2.75, 3.05) is 19.8 Å². The molecule has 182 valence electrons. The summed E-state index contributed by atoms with van der Waals surface area (Å²) in [6.07, 6.45) is 0.914. The fourth-order valence-electron chi connectivity index (χ4n) is 7.17. The Balaban J connectivity index is 1.57. The van der Waals surface area contributed by atoms with E-state index in [9.17, 15) is 4.79 Å². The Hall–Kier alpha value is -3.09. The first-order valence-corrected chi connectivity index (χ1v) is 13.4. The zero-order valence-corrected chi connectivity index (χ0v) is 21.6. The van der Waals surface area contributed by atoms with Gasteiger partial charge < -0.3 is 14.5 Å². The molecule has 4 atom stereocenters. The van der Waals surface area contributed by atoms with Gasteiger partial charge in [0.2, 0.25) is 0 Å².